The van der Waals surface area contributed by atoms with Crippen LogP contribution >= 0.6 is 22.9 Å². The SMILES string of the molecule is O=C(Nc1cnccc1N1CCNCC1)c1nnc(-n2nc3cc(Cl)ccn3c2=O)s1. The van der Waals surface area contributed by atoms with Crippen molar-refractivity contribution in [2.75, 3.05) is 36.4 Å². The monoisotopic (exact) mass is 457 g/mol. The van der Waals surface area contributed by atoms with Gasteiger partial charge in [0.1, 0.15) is 0 Å². The summed E-state index contributed by atoms with van der Waals surface area (Å²) in [4.78, 5) is 31.7. The summed E-state index contributed by atoms with van der Waals surface area (Å²) in [5, 5.41) is 19.0. The Kier molecular flexibility index (Phi) is 5.10. The first-order valence-electron chi connectivity index (χ1n) is 9.42. The van der Waals surface area contributed by atoms with Crippen LogP contribution in [0.4, 0.5) is 11.4 Å². The van der Waals surface area contributed by atoms with Crippen molar-refractivity contribution < 1.29 is 4.79 Å². The van der Waals surface area contributed by atoms with Gasteiger partial charge in [-0.3, -0.25) is 9.78 Å². The molecule has 5 rings (SSSR count). The number of hydrogen-bond donors (Lipinski definition) is 2. The van der Waals surface area contributed by atoms with Crippen molar-refractivity contribution in [3.05, 3.63) is 57.3 Å². The number of rotatable bonds is 4. The molecule has 5 heterocycles. The van der Waals surface area contributed by atoms with Gasteiger partial charge >= 0.3 is 5.69 Å². The topological polar surface area (TPSA) is 122 Å². The molecule has 0 saturated carbocycles. The van der Waals surface area contributed by atoms with Gasteiger partial charge in [-0.1, -0.05) is 22.9 Å². The van der Waals surface area contributed by atoms with Crippen LogP contribution in [-0.2, 0) is 0 Å². The standard InChI is InChI=1S/C18H16ClN9O2S/c19-11-2-6-27-14(9-11)25-28(18(27)30)17-24-23-16(31-17)15(29)22-12-10-21-3-1-13(12)26-7-4-20-5-8-26/h1-3,6,9-10,20H,4-5,7-8H2,(H,22,29). The van der Waals surface area contributed by atoms with Crippen LogP contribution in [0, 0.1) is 0 Å². The molecule has 0 aliphatic carbocycles. The Bertz CT molecular complexity index is 1330. The first kappa shape index (κ1) is 19.6. The summed E-state index contributed by atoms with van der Waals surface area (Å²) in [5.74, 6) is -0.437. The van der Waals surface area contributed by atoms with Gasteiger partial charge in [0.05, 0.1) is 17.6 Å². The largest absolute Gasteiger partial charge is 0.367 e. The van der Waals surface area contributed by atoms with Crippen molar-refractivity contribution in [3.63, 3.8) is 0 Å². The fraction of sp³-hybridized carbons (Fsp3) is 0.222. The first-order chi connectivity index (χ1) is 15.1. The van der Waals surface area contributed by atoms with Crippen molar-refractivity contribution in [1.29, 1.82) is 0 Å². The highest BCUT2D eigenvalue weighted by Gasteiger charge is 2.20. The molecule has 11 nitrogen and oxygen atoms in total. The van der Waals surface area contributed by atoms with E-state index in [-0.39, 0.29) is 10.1 Å². The molecule has 0 radical (unpaired) electrons. The number of carbonyl (C=O) groups excluding carboxylic acids is 1. The Morgan fingerprint density at radius 2 is 2.06 bits per heavy atom. The number of amides is 1. The van der Waals surface area contributed by atoms with Crippen LogP contribution < -0.4 is 21.2 Å². The van der Waals surface area contributed by atoms with E-state index in [0.29, 0.717) is 16.4 Å². The highest BCUT2D eigenvalue weighted by molar-refractivity contribution is 7.15. The number of piperazine rings is 1. The molecule has 0 atom stereocenters. The molecule has 4 aromatic heterocycles. The highest BCUT2D eigenvalue weighted by atomic mass is 35.5. The molecule has 4 aromatic rings. The fourth-order valence-corrected chi connectivity index (χ4v) is 4.15. The molecule has 0 aromatic carbocycles. The zero-order chi connectivity index (χ0) is 21.4. The van der Waals surface area contributed by atoms with Crippen molar-refractivity contribution in [2.45, 2.75) is 0 Å². The summed E-state index contributed by atoms with van der Waals surface area (Å²) in [6.07, 6.45) is 4.82. The summed E-state index contributed by atoms with van der Waals surface area (Å²) in [7, 11) is 0. The second-order valence-corrected chi connectivity index (χ2v) is 8.13. The molecule has 0 bridgehead atoms. The molecule has 1 aliphatic rings. The van der Waals surface area contributed by atoms with Crippen LogP contribution in [0.15, 0.2) is 41.6 Å². The average Bonchev–Trinajstić information content (AvgIpc) is 3.39. The number of aromatic nitrogens is 6. The Hall–Kier alpha value is -3.35. The molecule has 13 heteroatoms. The first-order valence-corrected chi connectivity index (χ1v) is 10.6. The lowest BCUT2D eigenvalue weighted by Gasteiger charge is -2.30. The molecule has 1 amide bonds. The zero-order valence-corrected chi connectivity index (χ0v) is 17.6. The van der Waals surface area contributed by atoms with E-state index in [0.717, 1.165) is 47.9 Å². The Morgan fingerprint density at radius 3 is 2.90 bits per heavy atom. The van der Waals surface area contributed by atoms with Gasteiger partial charge in [0.25, 0.3) is 5.91 Å². The normalized spacial score (nSPS) is 14.2. The average molecular weight is 458 g/mol. The van der Waals surface area contributed by atoms with Crippen LogP contribution in [0.1, 0.15) is 9.80 Å². The summed E-state index contributed by atoms with van der Waals surface area (Å²) in [6.45, 7) is 3.40. The lowest BCUT2D eigenvalue weighted by Crippen LogP contribution is -2.43. The third kappa shape index (κ3) is 3.76. The van der Waals surface area contributed by atoms with Crippen molar-refractivity contribution in [2.24, 2.45) is 0 Å². The van der Waals surface area contributed by atoms with Crippen LogP contribution in [-0.4, -0.2) is 61.4 Å². The van der Waals surface area contributed by atoms with E-state index in [1.165, 1.54) is 10.6 Å². The predicted molar refractivity (Wildman–Crippen MR) is 117 cm³/mol. The quantitative estimate of drug-likeness (QED) is 0.466. The van der Waals surface area contributed by atoms with Gasteiger partial charge in [-0.2, -0.15) is 0 Å². The number of anilines is 2. The van der Waals surface area contributed by atoms with Crippen LogP contribution in [0.25, 0.3) is 10.8 Å². The molecule has 158 valence electrons. The maximum absolute atomic E-state index is 12.8. The van der Waals surface area contributed by atoms with Crippen LogP contribution in [0.5, 0.6) is 0 Å². The van der Waals surface area contributed by atoms with Crippen molar-refractivity contribution >= 4 is 45.9 Å². The fourth-order valence-electron chi connectivity index (χ4n) is 3.31. The van der Waals surface area contributed by atoms with Crippen molar-refractivity contribution in [3.8, 4) is 5.13 Å². The number of halogens is 1. The van der Waals surface area contributed by atoms with Crippen molar-refractivity contribution in [1.82, 2.24) is 34.7 Å². The molecule has 31 heavy (non-hydrogen) atoms. The third-order valence-electron chi connectivity index (χ3n) is 4.78. The summed E-state index contributed by atoms with van der Waals surface area (Å²) in [5.41, 5.74) is 1.42. The minimum atomic E-state index is -0.437. The highest BCUT2D eigenvalue weighted by Crippen LogP contribution is 2.26. The minimum Gasteiger partial charge on any atom is -0.367 e. The van der Waals surface area contributed by atoms with E-state index in [4.69, 9.17) is 11.6 Å². The zero-order valence-electron chi connectivity index (χ0n) is 16.0. The molecule has 1 saturated heterocycles. The molecular formula is C18H16ClN9O2S. The van der Waals surface area contributed by atoms with Gasteiger partial charge in [0, 0.05) is 49.7 Å². The third-order valence-corrected chi connectivity index (χ3v) is 5.91. The van der Waals surface area contributed by atoms with Gasteiger partial charge in [0.15, 0.2) is 5.65 Å². The number of fused-ring (bicyclic) bond motifs is 1. The van der Waals surface area contributed by atoms with E-state index < -0.39 is 11.6 Å². The molecule has 1 aliphatic heterocycles. The van der Waals surface area contributed by atoms with Gasteiger partial charge in [0.2, 0.25) is 10.1 Å². The van der Waals surface area contributed by atoms with E-state index in [9.17, 15) is 9.59 Å². The van der Waals surface area contributed by atoms with Crippen LogP contribution in [0.3, 0.4) is 0 Å². The Balaban J connectivity index is 1.41. The van der Waals surface area contributed by atoms with Gasteiger partial charge in [-0.25, -0.2) is 9.20 Å². The second kappa shape index (κ2) is 8.06. The number of carbonyl (C=O) groups is 1. The van der Waals surface area contributed by atoms with Gasteiger partial charge in [-0.15, -0.1) is 20.0 Å². The predicted octanol–water partition coefficient (Wildman–Crippen LogP) is 1.05. The molecular weight excluding hydrogens is 442 g/mol. The van der Waals surface area contributed by atoms with Crippen LogP contribution in [0.2, 0.25) is 5.02 Å². The second-order valence-electron chi connectivity index (χ2n) is 6.74. The Morgan fingerprint density at radius 1 is 1.23 bits per heavy atom. The number of hydrogen-bond acceptors (Lipinski definition) is 9. The van der Waals surface area contributed by atoms with Gasteiger partial charge in [-0.05, 0) is 12.1 Å². The minimum absolute atomic E-state index is 0.104. The molecule has 0 unspecified atom stereocenters. The van der Waals surface area contributed by atoms with E-state index >= 15 is 0 Å². The molecule has 0 spiro atoms. The lowest BCUT2D eigenvalue weighted by atomic mass is 10.2. The smallest absolute Gasteiger partial charge is 0.357 e. The number of pyridine rings is 2. The maximum atomic E-state index is 12.8. The van der Waals surface area contributed by atoms with E-state index in [1.807, 2.05) is 6.07 Å². The van der Waals surface area contributed by atoms with E-state index in [2.05, 4.69) is 35.8 Å². The lowest BCUT2D eigenvalue weighted by molar-refractivity contribution is 0.102. The number of nitrogens with one attached hydrogen (secondary N) is 2. The molecule has 1 fully saturated rings. The summed E-state index contributed by atoms with van der Waals surface area (Å²) >= 11 is 6.93. The summed E-state index contributed by atoms with van der Waals surface area (Å²) < 4.78 is 2.43. The Labute approximate surface area is 184 Å². The molecule has 2 N–H and O–H groups in total. The number of nitrogens with zero attached hydrogens (tertiary/aromatic N) is 7. The van der Waals surface area contributed by atoms with Gasteiger partial charge < -0.3 is 15.5 Å². The summed E-state index contributed by atoms with van der Waals surface area (Å²) in [6, 6.07) is 5.02. The van der Waals surface area contributed by atoms with E-state index in [1.54, 1.807) is 24.5 Å². The maximum Gasteiger partial charge on any atom is 0.357 e.